The molecule has 0 unspecified atom stereocenters. The molecule has 0 bridgehead atoms. The molecule has 0 N–H and O–H groups in total. The van der Waals surface area contributed by atoms with Crippen molar-refractivity contribution in [1.82, 2.24) is 4.90 Å². The van der Waals surface area contributed by atoms with Crippen LogP contribution in [0.2, 0.25) is 0 Å². The topological polar surface area (TPSA) is 20.3 Å². The maximum absolute atomic E-state index is 12.8. The summed E-state index contributed by atoms with van der Waals surface area (Å²) in [4.78, 5) is 14.9. The second-order valence-corrected chi connectivity index (χ2v) is 6.56. The molecule has 1 saturated carbocycles. The number of rotatable bonds is 2. The Hall–Kier alpha value is -2.09. The van der Waals surface area contributed by atoms with Gasteiger partial charge in [-0.15, -0.1) is 0 Å². The van der Waals surface area contributed by atoms with E-state index in [9.17, 15) is 4.79 Å². The number of hydrogen-bond donors (Lipinski definition) is 0. The molecule has 0 radical (unpaired) electrons. The smallest absolute Gasteiger partial charge is 0.255 e. The van der Waals surface area contributed by atoms with Crippen LogP contribution in [0, 0.1) is 6.92 Å². The van der Waals surface area contributed by atoms with E-state index in [0.29, 0.717) is 6.04 Å². The summed E-state index contributed by atoms with van der Waals surface area (Å²) in [6.45, 7) is 2.86. The minimum absolute atomic E-state index is 0.249. The summed E-state index contributed by atoms with van der Waals surface area (Å²) in [7, 11) is 0. The van der Waals surface area contributed by atoms with Crippen molar-refractivity contribution in [3.05, 3.63) is 59.2 Å². The molecule has 0 atom stereocenters. The van der Waals surface area contributed by atoms with E-state index in [-0.39, 0.29) is 5.91 Å². The lowest BCUT2D eigenvalue weighted by Gasteiger charge is -2.23. The lowest BCUT2D eigenvalue weighted by Crippen LogP contribution is -2.33. The summed E-state index contributed by atoms with van der Waals surface area (Å²) in [6, 6.07) is 15.3. The van der Waals surface area contributed by atoms with Crippen LogP contribution in [0.3, 0.4) is 0 Å². The van der Waals surface area contributed by atoms with E-state index in [4.69, 9.17) is 0 Å². The molecular formula is C20H21NO. The molecule has 2 aromatic rings. The SMILES string of the molecule is Cc1cc(-c2ccccc2)cc2c1C(=O)N(C1CCCC1)C2. The van der Waals surface area contributed by atoms with Gasteiger partial charge in [0.1, 0.15) is 0 Å². The van der Waals surface area contributed by atoms with E-state index in [1.54, 1.807) is 0 Å². The second-order valence-electron chi connectivity index (χ2n) is 6.56. The summed E-state index contributed by atoms with van der Waals surface area (Å²) in [5.74, 6) is 0.249. The highest BCUT2D eigenvalue weighted by atomic mass is 16.2. The van der Waals surface area contributed by atoms with E-state index in [1.807, 2.05) is 6.07 Å². The maximum atomic E-state index is 12.8. The van der Waals surface area contributed by atoms with Crippen molar-refractivity contribution < 1.29 is 4.79 Å². The number of hydrogen-bond acceptors (Lipinski definition) is 1. The molecule has 1 amide bonds. The highest BCUT2D eigenvalue weighted by molar-refractivity contribution is 6.00. The van der Waals surface area contributed by atoms with Crippen molar-refractivity contribution in [2.45, 2.75) is 45.2 Å². The number of amides is 1. The first-order valence-corrected chi connectivity index (χ1v) is 8.24. The number of fused-ring (bicyclic) bond motifs is 1. The molecule has 0 spiro atoms. The fourth-order valence-corrected chi connectivity index (χ4v) is 4.00. The van der Waals surface area contributed by atoms with Gasteiger partial charge in [0.2, 0.25) is 0 Å². The summed E-state index contributed by atoms with van der Waals surface area (Å²) in [5.41, 5.74) is 5.71. The molecule has 112 valence electrons. The van der Waals surface area contributed by atoms with Gasteiger partial charge < -0.3 is 4.90 Å². The Morgan fingerprint density at radius 1 is 1.00 bits per heavy atom. The van der Waals surface area contributed by atoms with Crippen LogP contribution < -0.4 is 0 Å². The normalized spacial score (nSPS) is 18.0. The third kappa shape index (κ3) is 2.14. The Balaban J connectivity index is 1.73. The van der Waals surface area contributed by atoms with Gasteiger partial charge in [-0.2, -0.15) is 0 Å². The minimum Gasteiger partial charge on any atom is -0.331 e. The minimum atomic E-state index is 0.249. The molecule has 0 saturated heterocycles. The van der Waals surface area contributed by atoms with Crippen LogP contribution in [0.15, 0.2) is 42.5 Å². The first-order chi connectivity index (χ1) is 10.7. The Kier molecular flexibility index (Phi) is 3.25. The van der Waals surface area contributed by atoms with E-state index in [2.05, 4.69) is 48.2 Å². The van der Waals surface area contributed by atoms with E-state index in [1.165, 1.54) is 42.4 Å². The van der Waals surface area contributed by atoms with Crippen molar-refractivity contribution in [2.24, 2.45) is 0 Å². The summed E-state index contributed by atoms with van der Waals surface area (Å²) >= 11 is 0. The zero-order chi connectivity index (χ0) is 15.1. The predicted octanol–water partition coefficient (Wildman–Crippen LogP) is 4.56. The molecule has 1 heterocycles. The number of carbonyl (C=O) groups is 1. The Labute approximate surface area is 131 Å². The first-order valence-electron chi connectivity index (χ1n) is 8.24. The van der Waals surface area contributed by atoms with Crippen molar-refractivity contribution in [3.8, 4) is 11.1 Å². The Morgan fingerprint density at radius 3 is 2.45 bits per heavy atom. The summed E-state index contributed by atoms with van der Waals surface area (Å²) in [6.07, 6.45) is 4.87. The number of nitrogens with zero attached hydrogens (tertiary/aromatic N) is 1. The van der Waals surface area contributed by atoms with Gasteiger partial charge in [-0.05, 0) is 48.1 Å². The monoisotopic (exact) mass is 291 g/mol. The lowest BCUT2D eigenvalue weighted by atomic mass is 9.96. The largest absolute Gasteiger partial charge is 0.331 e. The average molecular weight is 291 g/mol. The molecule has 4 rings (SSSR count). The van der Waals surface area contributed by atoms with Gasteiger partial charge in [0.25, 0.3) is 5.91 Å². The molecule has 1 fully saturated rings. The van der Waals surface area contributed by atoms with Gasteiger partial charge in [0, 0.05) is 18.2 Å². The molecular weight excluding hydrogens is 270 g/mol. The van der Waals surface area contributed by atoms with Gasteiger partial charge >= 0.3 is 0 Å². The lowest BCUT2D eigenvalue weighted by molar-refractivity contribution is 0.0706. The third-order valence-corrected chi connectivity index (χ3v) is 5.11. The zero-order valence-corrected chi connectivity index (χ0v) is 13.0. The second kappa shape index (κ2) is 5.28. The first kappa shape index (κ1) is 13.6. The standard InChI is InChI=1S/C20H21NO/c1-14-11-16(15-7-3-2-4-8-15)12-17-13-21(20(22)19(14)17)18-9-5-6-10-18/h2-4,7-8,11-12,18H,5-6,9-10,13H2,1H3. The average Bonchev–Trinajstić information content (AvgIpc) is 3.16. The molecule has 2 nitrogen and oxygen atoms in total. The van der Waals surface area contributed by atoms with Crippen LogP contribution in [0.4, 0.5) is 0 Å². The predicted molar refractivity (Wildman–Crippen MR) is 88.7 cm³/mol. The van der Waals surface area contributed by atoms with Gasteiger partial charge in [0.05, 0.1) is 0 Å². The maximum Gasteiger partial charge on any atom is 0.255 e. The number of aryl methyl sites for hydroxylation is 1. The van der Waals surface area contributed by atoms with E-state index < -0.39 is 0 Å². The van der Waals surface area contributed by atoms with Crippen molar-refractivity contribution in [3.63, 3.8) is 0 Å². The van der Waals surface area contributed by atoms with Gasteiger partial charge in [0.15, 0.2) is 0 Å². The fraction of sp³-hybridized carbons (Fsp3) is 0.350. The molecule has 1 aliphatic heterocycles. The molecule has 1 aliphatic carbocycles. The van der Waals surface area contributed by atoms with E-state index in [0.717, 1.165) is 17.7 Å². The fourth-order valence-electron chi connectivity index (χ4n) is 4.00. The highest BCUT2D eigenvalue weighted by Gasteiger charge is 2.35. The van der Waals surface area contributed by atoms with Crippen molar-refractivity contribution in [2.75, 3.05) is 0 Å². The summed E-state index contributed by atoms with van der Waals surface area (Å²) in [5, 5.41) is 0. The van der Waals surface area contributed by atoms with Crippen LogP contribution in [0.1, 0.15) is 47.2 Å². The van der Waals surface area contributed by atoms with Crippen LogP contribution in [-0.4, -0.2) is 16.8 Å². The highest BCUT2D eigenvalue weighted by Crippen LogP contribution is 2.35. The molecule has 0 aromatic heterocycles. The third-order valence-electron chi connectivity index (χ3n) is 5.11. The molecule has 2 aliphatic rings. The quantitative estimate of drug-likeness (QED) is 0.794. The molecule has 2 aromatic carbocycles. The number of benzene rings is 2. The molecule has 2 heteroatoms. The van der Waals surface area contributed by atoms with Gasteiger partial charge in [-0.1, -0.05) is 49.2 Å². The van der Waals surface area contributed by atoms with Crippen LogP contribution in [0.25, 0.3) is 11.1 Å². The van der Waals surface area contributed by atoms with Crippen LogP contribution in [0.5, 0.6) is 0 Å². The Bertz CT molecular complexity index is 714. The summed E-state index contributed by atoms with van der Waals surface area (Å²) < 4.78 is 0. The number of carbonyl (C=O) groups excluding carboxylic acids is 1. The Morgan fingerprint density at radius 2 is 1.73 bits per heavy atom. The van der Waals surface area contributed by atoms with Crippen LogP contribution >= 0.6 is 0 Å². The van der Waals surface area contributed by atoms with Crippen molar-refractivity contribution >= 4 is 5.91 Å². The van der Waals surface area contributed by atoms with Gasteiger partial charge in [-0.25, -0.2) is 0 Å². The van der Waals surface area contributed by atoms with E-state index >= 15 is 0 Å². The van der Waals surface area contributed by atoms with Gasteiger partial charge in [-0.3, -0.25) is 4.79 Å². The molecule has 22 heavy (non-hydrogen) atoms. The van der Waals surface area contributed by atoms with Crippen molar-refractivity contribution in [1.29, 1.82) is 0 Å². The van der Waals surface area contributed by atoms with Crippen LogP contribution in [-0.2, 0) is 6.54 Å². The zero-order valence-electron chi connectivity index (χ0n) is 13.0.